The van der Waals surface area contributed by atoms with Crippen molar-refractivity contribution >= 4 is 17.1 Å². The standard InChI is InChI=1S/C14H19OS/c1-3-4-8-11-15-14(12(2)16)13-9-6-5-7-10-13/h5-7,9-10H,3-4,8,11H2,1-2H3. The van der Waals surface area contributed by atoms with Gasteiger partial charge in [0.2, 0.25) is 0 Å². The molecule has 1 rings (SSSR count). The van der Waals surface area contributed by atoms with Crippen LogP contribution in [-0.4, -0.2) is 11.5 Å². The van der Waals surface area contributed by atoms with Crippen LogP contribution in [0.25, 0.3) is 0 Å². The molecule has 0 fully saturated rings. The Bertz CT molecular complexity index is 308. The van der Waals surface area contributed by atoms with Crippen molar-refractivity contribution in [1.82, 2.24) is 0 Å². The largest absolute Gasteiger partial charge is 0.361 e. The van der Waals surface area contributed by atoms with Gasteiger partial charge in [-0.3, -0.25) is 0 Å². The number of rotatable bonds is 7. The second kappa shape index (κ2) is 7.53. The van der Waals surface area contributed by atoms with Gasteiger partial charge in [-0.1, -0.05) is 62.3 Å². The predicted molar refractivity (Wildman–Crippen MR) is 72.5 cm³/mol. The summed E-state index contributed by atoms with van der Waals surface area (Å²) in [6.07, 6.45) is 4.36. The minimum atomic E-state index is 0.756. The van der Waals surface area contributed by atoms with Crippen molar-refractivity contribution < 1.29 is 4.74 Å². The van der Waals surface area contributed by atoms with Crippen molar-refractivity contribution in [2.45, 2.75) is 33.1 Å². The third kappa shape index (κ3) is 4.42. The minimum Gasteiger partial charge on any atom is -0.361 e. The van der Waals surface area contributed by atoms with Gasteiger partial charge in [0.15, 0.2) is 6.10 Å². The lowest BCUT2D eigenvalue weighted by Crippen LogP contribution is -2.13. The first-order valence-electron chi connectivity index (χ1n) is 5.81. The van der Waals surface area contributed by atoms with Crippen LogP contribution in [0, 0.1) is 6.10 Å². The van der Waals surface area contributed by atoms with Gasteiger partial charge in [-0.05, 0) is 18.9 Å². The summed E-state index contributed by atoms with van der Waals surface area (Å²) in [5.41, 5.74) is 1.08. The van der Waals surface area contributed by atoms with Gasteiger partial charge in [-0.25, -0.2) is 0 Å². The second-order valence-electron chi connectivity index (χ2n) is 3.81. The van der Waals surface area contributed by atoms with E-state index in [-0.39, 0.29) is 0 Å². The molecule has 0 spiro atoms. The number of benzene rings is 1. The van der Waals surface area contributed by atoms with Crippen molar-refractivity contribution in [3.8, 4) is 0 Å². The highest BCUT2D eigenvalue weighted by Gasteiger charge is 2.14. The summed E-state index contributed by atoms with van der Waals surface area (Å²) >= 11 is 5.21. The SMILES string of the molecule is CCCCCO[C](C(C)=S)c1ccccc1. The molecule has 0 unspecified atom stereocenters. The molecule has 1 radical (unpaired) electrons. The fraction of sp³-hybridized carbons (Fsp3) is 0.429. The van der Waals surface area contributed by atoms with E-state index in [1.807, 2.05) is 37.3 Å². The summed E-state index contributed by atoms with van der Waals surface area (Å²) < 4.78 is 5.77. The van der Waals surface area contributed by atoms with E-state index < -0.39 is 0 Å². The zero-order valence-electron chi connectivity index (χ0n) is 10.0. The second-order valence-corrected chi connectivity index (χ2v) is 4.42. The Labute approximate surface area is 104 Å². The Balaban J connectivity index is 2.52. The maximum atomic E-state index is 5.77. The predicted octanol–water partition coefficient (Wildman–Crippen LogP) is 4.16. The van der Waals surface area contributed by atoms with Crippen LogP contribution in [0.2, 0.25) is 0 Å². The first-order chi connectivity index (χ1) is 7.75. The number of ether oxygens (including phenoxy) is 1. The molecule has 0 bridgehead atoms. The Morgan fingerprint density at radius 2 is 1.88 bits per heavy atom. The third-order valence-corrected chi connectivity index (χ3v) is 2.54. The van der Waals surface area contributed by atoms with Crippen LogP contribution in [0.15, 0.2) is 30.3 Å². The average Bonchev–Trinajstić information content (AvgIpc) is 2.30. The van der Waals surface area contributed by atoms with Crippen molar-refractivity contribution in [2.24, 2.45) is 0 Å². The van der Waals surface area contributed by atoms with Crippen molar-refractivity contribution in [1.29, 1.82) is 0 Å². The van der Waals surface area contributed by atoms with Gasteiger partial charge in [0.25, 0.3) is 0 Å². The number of unbranched alkanes of at least 4 members (excludes halogenated alkanes) is 2. The van der Waals surface area contributed by atoms with Crippen molar-refractivity contribution in [3.05, 3.63) is 42.0 Å². The molecule has 16 heavy (non-hydrogen) atoms. The Morgan fingerprint density at radius 3 is 2.44 bits per heavy atom. The first kappa shape index (κ1) is 13.3. The molecular formula is C14H19OS. The van der Waals surface area contributed by atoms with Gasteiger partial charge < -0.3 is 4.74 Å². The highest BCUT2D eigenvalue weighted by molar-refractivity contribution is 7.80. The van der Waals surface area contributed by atoms with Gasteiger partial charge in [0, 0.05) is 11.5 Å². The van der Waals surface area contributed by atoms with E-state index >= 15 is 0 Å². The fourth-order valence-electron chi connectivity index (χ4n) is 1.50. The molecule has 1 aromatic rings. The molecule has 1 aromatic carbocycles. The average molecular weight is 235 g/mol. The van der Waals surface area contributed by atoms with Crippen LogP contribution in [0.5, 0.6) is 0 Å². The topological polar surface area (TPSA) is 9.23 Å². The number of hydrogen-bond donors (Lipinski definition) is 0. The van der Waals surface area contributed by atoms with Crippen LogP contribution in [0.1, 0.15) is 38.7 Å². The van der Waals surface area contributed by atoms with E-state index in [9.17, 15) is 0 Å². The van der Waals surface area contributed by atoms with Crippen LogP contribution in [-0.2, 0) is 4.74 Å². The molecule has 0 aromatic heterocycles. The maximum absolute atomic E-state index is 5.77. The summed E-state index contributed by atoms with van der Waals surface area (Å²) in [6.45, 7) is 4.86. The van der Waals surface area contributed by atoms with Crippen LogP contribution in [0.4, 0.5) is 0 Å². The van der Waals surface area contributed by atoms with Crippen LogP contribution < -0.4 is 0 Å². The lowest BCUT2D eigenvalue weighted by atomic mass is 10.1. The molecule has 0 aliphatic rings. The van der Waals surface area contributed by atoms with Crippen molar-refractivity contribution in [2.75, 3.05) is 6.61 Å². The Hall–Kier alpha value is -0.730. The number of thiocarbonyl (C=S) groups is 1. The molecule has 0 heterocycles. The summed E-state index contributed by atoms with van der Waals surface area (Å²) in [4.78, 5) is 0.822. The molecule has 0 N–H and O–H groups in total. The van der Waals surface area contributed by atoms with Gasteiger partial charge in [-0.15, -0.1) is 0 Å². The monoisotopic (exact) mass is 235 g/mol. The van der Waals surface area contributed by atoms with Gasteiger partial charge >= 0.3 is 0 Å². The van der Waals surface area contributed by atoms with E-state index in [1.165, 1.54) is 12.8 Å². The molecule has 0 amide bonds. The molecule has 2 heteroatoms. The molecular weight excluding hydrogens is 216 g/mol. The van der Waals surface area contributed by atoms with Gasteiger partial charge in [0.05, 0.1) is 0 Å². The molecule has 1 nitrogen and oxygen atoms in total. The van der Waals surface area contributed by atoms with Gasteiger partial charge in [0.1, 0.15) is 0 Å². The summed E-state index contributed by atoms with van der Waals surface area (Å²) in [5, 5.41) is 0. The zero-order valence-corrected chi connectivity index (χ0v) is 10.8. The van der Waals surface area contributed by atoms with E-state index in [4.69, 9.17) is 17.0 Å². The van der Waals surface area contributed by atoms with Crippen LogP contribution in [0.3, 0.4) is 0 Å². The number of hydrogen-bond acceptors (Lipinski definition) is 2. The van der Waals surface area contributed by atoms with E-state index in [0.717, 1.165) is 29.6 Å². The van der Waals surface area contributed by atoms with E-state index in [0.29, 0.717) is 0 Å². The summed E-state index contributed by atoms with van der Waals surface area (Å²) in [5.74, 6) is 0. The van der Waals surface area contributed by atoms with Crippen molar-refractivity contribution in [3.63, 3.8) is 0 Å². The highest BCUT2D eigenvalue weighted by atomic mass is 32.1. The smallest absolute Gasteiger partial charge is 0.162 e. The maximum Gasteiger partial charge on any atom is 0.162 e. The van der Waals surface area contributed by atoms with Crippen LogP contribution >= 0.6 is 12.2 Å². The molecule has 0 aliphatic carbocycles. The highest BCUT2D eigenvalue weighted by Crippen LogP contribution is 2.18. The Kier molecular flexibility index (Phi) is 6.27. The Morgan fingerprint density at radius 1 is 1.19 bits per heavy atom. The van der Waals surface area contributed by atoms with Gasteiger partial charge in [-0.2, -0.15) is 0 Å². The molecule has 0 saturated carbocycles. The fourth-order valence-corrected chi connectivity index (χ4v) is 1.68. The lowest BCUT2D eigenvalue weighted by molar-refractivity contribution is 0.183. The van der Waals surface area contributed by atoms with E-state index in [1.54, 1.807) is 0 Å². The van der Waals surface area contributed by atoms with E-state index in [2.05, 4.69) is 6.92 Å². The lowest BCUT2D eigenvalue weighted by Gasteiger charge is -2.15. The summed E-state index contributed by atoms with van der Waals surface area (Å²) in [7, 11) is 0. The summed E-state index contributed by atoms with van der Waals surface area (Å²) in [6, 6.07) is 10.1. The quantitative estimate of drug-likeness (QED) is 0.518. The molecule has 0 saturated heterocycles. The molecule has 0 aliphatic heterocycles. The third-order valence-electron chi connectivity index (χ3n) is 2.35. The molecule has 0 atom stereocenters. The zero-order chi connectivity index (χ0) is 11.8. The minimum absolute atomic E-state index is 0.756. The normalized spacial score (nSPS) is 10.7. The first-order valence-corrected chi connectivity index (χ1v) is 6.22. The molecule has 87 valence electrons.